The Morgan fingerprint density at radius 1 is 1.15 bits per heavy atom. The molecule has 1 saturated heterocycles. The van der Waals surface area contributed by atoms with Crippen LogP contribution < -0.4 is 10.2 Å². The predicted molar refractivity (Wildman–Crippen MR) is 106 cm³/mol. The number of aliphatic imine (C=N–C) groups is 1. The van der Waals surface area contributed by atoms with Gasteiger partial charge in [-0.2, -0.15) is 0 Å². The average molecular weight is 371 g/mol. The van der Waals surface area contributed by atoms with Gasteiger partial charge in [-0.15, -0.1) is 10.2 Å². The van der Waals surface area contributed by atoms with Crippen LogP contribution in [0.25, 0.3) is 0 Å². The fraction of sp³-hybridized carbons (Fsp3) is 0.611. The van der Waals surface area contributed by atoms with Gasteiger partial charge < -0.3 is 19.7 Å². The SMILES string of the molecule is CCCCNC(=NCc1nnc(C)n1C)N1CCN(c2ncccn2)CC1. The van der Waals surface area contributed by atoms with Crippen LogP contribution in [0.4, 0.5) is 5.95 Å². The van der Waals surface area contributed by atoms with E-state index in [0.717, 1.165) is 69.1 Å². The highest BCUT2D eigenvalue weighted by Gasteiger charge is 2.21. The first kappa shape index (κ1) is 19.1. The van der Waals surface area contributed by atoms with E-state index in [1.165, 1.54) is 0 Å². The van der Waals surface area contributed by atoms with E-state index < -0.39 is 0 Å². The number of unbranched alkanes of at least 4 members (excludes halogenated alkanes) is 1. The molecule has 1 fully saturated rings. The highest BCUT2D eigenvalue weighted by atomic mass is 15.4. The maximum atomic E-state index is 4.82. The molecule has 0 aliphatic carbocycles. The van der Waals surface area contributed by atoms with Crippen molar-refractivity contribution in [3.63, 3.8) is 0 Å². The first-order chi connectivity index (χ1) is 13.2. The fourth-order valence-corrected chi connectivity index (χ4v) is 2.95. The maximum absolute atomic E-state index is 4.82. The number of hydrogen-bond donors (Lipinski definition) is 1. The van der Waals surface area contributed by atoms with E-state index in [1.807, 2.05) is 24.6 Å². The van der Waals surface area contributed by atoms with Gasteiger partial charge in [0.25, 0.3) is 0 Å². The minimum absolute atomic E-state index is 0.522. The Morgan fingerprint density at radius 2 is 1.89 bits per heavy atom. The molecule has 3 rings (SSSR count). The highest BCUT2D eigenvalue weighted by Crippen LogP contribution is 2.10. The first-order valence-electron chi connectivity index (χ1n) is 9.59. The Morgan fingerprint density at radius 3 is 2.52 bits per heavy atom. The second kappa shape index (κ2) is 9.29. The van der Waals surface area contributed by atoms with E-state index in [1.54, 1.807) is 12.4 Å². The van der Waals surface area contributed by atoms with Gasteiger partial charge in [-0.25, -0.2) is 15.0 Å². The van der Waals surface area contributed by atoms with Crippen LogP contribution in [-0.2, 0) is 13.6 Å². The van der Waals surface area contributed by atoms with Crippen LogP contribution in [0.5, 0.6) is 0 Å². The molecule has 0 aromatic carbocycles. The number of guanidine groups is 1. The molecule has 0 amide bonds. The number of rotatable bonds is 6. The third kappa shape index (κ3) is 4.93. The molecule has 9 nitrogen and oxygen atoms in total. The van der Waals surface area contributed by atoms with E-state index >= 15 is 0 Å². The highest BCUT2D eigenvalue weighted by molar-refractivity contribution is 5.80. The number of nitrogens with zero attached hydrogens (tertiary/aromatic N) is 8. The van der Waals surface area contributed by atoms with Gasteiger partial charge >= 0.3 is 0 Å². The minimum atomic E-state index is 0.522. The van der Waals surface area contributed by atoms with Crippen LogP contribution in [-0.4, -0.2) is 68.3 Å². The summed E-state index contributed by atoms with van der Waals surface area (Å²) >= 11 is 0. The quantitative estimate of drug-likeness (QED) is 0.460. The standard InChI is InChI=1S/C18H29N9/c1-4-5-7-19-18(22-14-16-24-23-15(2)25(16)3)27-12-10-26(11-13-27)17-20-8-6-9-21-17/h6,8-9H,4-5,7,10-14H2,1-3H3,(H,19,22). The lowest BCUT2D eigenvalue weighted by Gasteiger charge is -2.36. The predicted octanol–water partition coefficient (Wildman–Crippen LogP) is 0.981. The van der Waals surface area contributed by atoms with Crippen LogP contribution in [0.2, 0.25) is 0 Å². The van der Waals surface area contributed by atoms with Gasteiger partial charge in [0.2, 0.25) is 5.95 Å². The fourth-order valence-electron chi connectivity index (χ4n) is 2.95. The molecule has 0 spiro atoms. The van der Waals surface area contributed by atoms with Crippen LogP contribution in [0.15, 0.2) is 23.5 Å². The number of nitrogens with one attached hydrogen (secondary N) is 1. The summed E-state index contributed by atoms with van der Waals surface area (Å²) in [5, 5.41) is 11.8. The van der Waals surface area contributed by atoms with E-state index in [4.69, 9.17) is 4.99 Å². The molecule has 2 aromatic rings. The number of aryl methyl sites for hydroxylation is 1. The molecule has 9 heteroatoms. The molecule has 3 heterocycles. The van der Waals surface area contributed by atoms with E-state index in [0.29, 0.717) is 6.54 Å². The van der Waals surface area contributed by atoms with Crippen LogP contribution in [0.3, 0.4) is 0 Å². The Labute approximate surface area is 160 Å². The topological polar surface area (TPSA) is 87.4 Å². The molecule has 27 heavy (non-hydrogen) atoms. The van der Waals surface area contributed by atoms with E-state index in [-0.39, 0.29) is 0 Å². The normalized spacial score (nSPS) is 15.3. The second-order valence-electron chi connectivity index (χ2n) is 6.67. The second-order valence-corrected chi connectivity index (χ2v) is 6.67. The molecular formula is C18H29N9. The van der Waals surface area contributed by atoms with Crippen molar-refractivity contribution >= 4 is 11.9 Å². The summed E-state index contributed by atoms with van der Waals surface area (Å²) in [5.41, 5.74) is 0. The van der Waals surface area contributed by atoms with Crippen molar-refractivity contribution in [2.24, 2.45) is 12.0 Å². The molecule has 0 saturated carbocycles. The molecule has 1 aliphatic rings. The average Bonchev–Trinajstić information content (AvgIpc) is 3.03. The smallest absolute Gasteiger partial charge is 0.225 e. The molecule has 146 valence electrons. The van der Waals surface area contributed by atoms with Gasteiger partial charge in [0.05, 0.1) is 0 Å². The molecule has 2 aromatic heterocycles. The monoisotopic (exact) mass is 371 g/mol. The van der Waals surface area contributed by atoms with Gasteiger partial charge in [-0.05, 0) is 19.4 Å². The lowest BCUT2D eigenvalue weighted by molar-refractivity contribution is 0.368. The Kier molecular flexibility index (Phi) is 6.56. The van der Waals surface area contributed by atoms with Gasteiger partial charge in [-0.1, -0.05) is 13.3 Å². The number of piperazine rings is 1. The number of anilines is 1. The number of hydrogen-bond acceptors (Lipinski definition) is 6. The summed E-state index contributed by atoms with van der Waals surface area (Å²) < 4.78 is 1.98. The molecule has 0 unspecified atom stereocenters. The van der Waals surface area contributed by atoms with Crippen molar-refractivity contribution in [1.82, 2.24) is 34.9 Å². The lowest BCUT2D eigenvalue weighted by Crippen LogP contribution is -2.53. The summed E-state index contributed by atoms with van der Waals surface area (Å²) in [5.74, 6) is 3.51. The summed E-state index contributed by atoms with van der Waals surface area (Å²) in [6.45, 7) is 9.11. The van der Waals surface area contributed by atoms with Crippen LogP contribution in [0, 0.1) is 6.92 Å². The van der Waals surface area contributed by atoms with Crippen LogP contribution >= 0.6 is 0 Å². The Hall–Kier alpha value is -2.71. The molecular weight excluding hydrogens is 342 g/mol. The zero-order valence-electron chi connectivity index (χ0n) is 16.5. The minimum Gasteiger partial charge on any atom is -0.356 e. The summed E-state index contributed by atoms with van der Waals surface area (Å²) in [6.07, 6.45) is 5.86. The Balaban J connectivity index is 1.64. The van der Waals surface area contributed by atoms with Gasteiger partial charge in [0, 0.05) is 52.2 Å². The van der Waals surface area contributed by atoms with Crippen molar-refractivity contribution in [3.8, 4) is 0 Å². The van der Waals surface area contributed by atoms with Gasteiger partial charge in [0.1, 0.15) is 12.4 Å². The first-order valence-corrected chi connectivity index (χ1v) is 9.59. The zero-order valence-corrected chi connectivity index (χ0v) is 16.5. The zero-order chi connectivity index (χ0) is 19.1. The summed E-state index contributed by atoms with van der Waals surface area (Å²) in [4.78, 5) is 18.0. The third-order valence-electron chi connectivity index (χ3n) is 4.78. The molecule has 0 radical (unpaired) electrons. The van der Waals surface area contributed by atoms with Crippen molar-refractivity contribution in [2.45, 2.75) is 33.2 Å². The molecule has 0 atom stereocenters. The largest absolute Gasteiger partial charge is 0.356 e. The van der Waals surface area contributed by atoms with E-state index in [2.05, 4.69) is 42.2 Å². The van der Waals surface area contributed by atoms with Crippen molar-refractivity contribution in [3.05, 3.63) is 30.1 Å². The third-order valence-corrected chi connectivity index (χ3v) is 4.78. The summed E-state index contributed by atoms with van der Waals surface area (Å²) in [6, 6.07) is 1.84. The van der Waals surface area contributed by atoms with Crippen molar-refractivity contribution < 1.29 is 0 Å². The van der Waals surface area contributed by atoms with Crippen molar-refractivity contribution in [2.75, 3.05) is 37.6 Å². The Bertz CT molecular complexity index is 733. The lowest BCUT2D eigenvalue weighted by atomic mass is 10.3. The van der Waals surface area contributed by atoms with Gasteiger partial charge in [0.15, 0.2) is 11.8 Å². The molecule has 1 N–H and O–H groups in total. The molecule has 0 bridgehead atoms. The molecule has 1 aliphatic heterocycles. The van der Waals surface area contributed by atoms with Gasteiger partial charge in [-0.3, -0.25) is 0 Å². The van der Waals surface area contributed by atoms with Crippen LogP contribution in [0.1, 0.15) is 31.4 Å². The van der Waals surface area contributed by atoms with Crippen molar-refractivity contribution in [1.29, 1.82) is 0 Å². The van der Waals surface area contributed by atoms with E-state index in [9.17, 15) is 0 Å². The maximum Gasteiger partial charge on any atom is 0.225 e. The summed E-state index contributed by atoms with van der Waals surface area (Å²) in [7, 11) is 1.98. The number of aromatic nitrogens is 5.